The van der Waals surface area contributed by atoms with E-state index < -0.39 is 6.61 Å². The van der Waals surface area contributed by atoms with Crippen LogP contribution < -0.4 is 15.8 Å². The molecule has 0 bridgehead atoms. The molecule has 1 heterocycles. The summed E-state index contributed by atoms with van der Waals surface area (Å²) in [6, 6.07) is -0.326. The Morgan fingerprint density at radius 1 is 1.40 bits per heavy atom. The second kappa shape index (κ2) is 6.20. The Morgan fingerprint density at radius 2 is 2.07 bits per heavy atom. The third kappa shape index (κ3) is 4.61. The van der Waals surface area contributed by atoms with Crippen LogP contribution in [-0.2, 0) is 6.54 Å². The Kier molecular flexibility index (Phi) is 4.85. The summed E-state index contributed by atoms with van der Waals surface area (Å²) in [6.07, 6.45) is 2.85. The van der Waals surface area contributed by atoms with Gasteiger partial charge >= 0.3 is 12.6 Å². The summed E-state index contributed by atoms with van der Waals surface area (Å²) in [5, 5.41) is 3.02. The van der Waals surface area contributed by atoms with Crippen molar-refractivity contribution in [2.24, 2.45) is 5.73 Å². The highest BCUT2D eigenvalue weighted by molar-refractivity contribution is 5.07. The molecule has 0 aliphatic carbocycles. The SMILES string of the molecule is NCCNCc1cnc(OC(F)F)nc1. The second-order valence-electron chi connectivity index (χ2n) is 2.72. The van der Waals surface area contributed by atoms with Gasteiger partial charge < -0.3 is 15.8 Å². The van der Waals surface area contributed by atoms with E-state index >= 15 is 0 Å². The van der Waals surface area contributed by atoms with Crippen molar-refractivity contribution in [3.05, 3.63) is 18.0 Å². The van der Waals surface area contributed by atoms with Gasteiger partial charge in [0.1, 0.15) is 0 Å². The zero-order chi connectivity index (χ0) is 11.1. The minimum atomic E-state index is -2.90. The van der Waals surface area contributed by atoms with E-state index in [1.165, 1.54) is 12.4 Å². The normalized spacial score (nSPS) is 10.7. The Labute approximate surface area is 85.7 Å². The van der Waals surface area contributed by atoms with Crippen molar-refractivity contribution in [1.82, 2.24) is 15.3 Å². The number of aromatic nitrogens is 2. The van der Waals surface area contributed by atoms with Gasteiger partial charge in [-0.3, -0.25) is 0 Å². The number of hydrogen-bond donors (Lipinski definition) is 2. The first-order chi connectivity index (χ1) is 7.22. The zero-order valence-electron chi connectivity index (χ0n) is 7.99. The maximum absolute atomic E-state index is 11.7. The topological polar surface area (TPSA) is 73.1 Å². The first-order valence-corrected chi connectivity index (χ1v) is 4.39. The highest BCUT2D eigenvalue weighted by Gasteiger charge is 2.06. The van der Waals surface area contributed by atoms with Crippen LogP contribution >= 0.6 is 0 Å². The predicted molar refractivity (Wildman–Crippen MR) is 49.4 cm³/mol. The molecule has 0 unspecified atom stereocenters. The number of hydrogen-bond acceptors (Lipinski definition) is 5. The molecule has 1 aromatic rings. The van der Waals surface area contributed by atoms with Crippen molar-refractivity contribution in [3.8, 4) is 6.01 Å². The van der Waals surface area contributed by atoms with Crippen molar-refractivity contribution >= 4 is 0 Å². The number of nitrogens with zero attached hydrogens (tertiary/aromatic N) is 2. The Balaban J connectivity index is 2.42. The molecule has 1 rings (SSSR count). The maximum atomic E-state index is 11.7. The van der Waals surface area contributed by atoms with Crippen LogP contribution in [0.3, 0.4) is 0 Å². The summed E-state index contributed by atoms with van der Waals surface area (Å²) in [4.78, 5) is 7.23. The van der Waals surface area contributed by atoms with E-state index in [4.69, 9.17) is 5.73 Å². The molecular formula is C8H12F2N4O. The average Bonchev–Trinajstić information content (AvgIpc) is 2.20. The van der Waals surface area contributed by atoms with Crippen LogP contribution in [0.5, 0.6) is 6.01 Å². The lowest BCUT2D eigenvalue weighted by Crippen LogP contribution is -2.22. The van der Waals surface area contributed by atoms with Gasteiger partial charge in [0.15, 0.2) is 0 Å². The molecule has 1 aromatic heterocycles. The Bertz CT molecular complexity index is 280. The highest BCUT2D eigenvalue weighted by atomic mass is 19.3. The summed E-state index contributed by atoms with van der Waals surface area (Å²) in [5.74, 6) is 0. The molecule has 84 valence electrons. The third-order valence-electron chi connectivity index (χ3n) is 1.53. The van der Waals surface area contributed by atoms with Crippen LogP contribution in [0.25, 0.3) is 0 Å². The predicted octanol–water partition coefficient (Wildman–Crippen LogP) is 0.126. The largest absolute Gasteiger partial charge is 0.401 e. The molecule has 0 saturated heterocycles. The van der Waals surface area contributed by atoms with Crippen molar-refractivity contribution in [3.63, 3.8) is 0 Å². The van der Waals surface area contributed by atoms with Crippen LogP contribution in [0.1, 0.15) is 5.56 Å². The molecule has 3 N–H and O–H groups in total. The average molecular weight is 218 g/mol. The summed E-state index contributed by atoms with van der Waals surface area (Å²) in [5.41, 5.74) is 6.06. The number of rotatable bonds is 6. The fraction of sp³-hybridized carbons (Fsp3) is 0.500. The Morgan fingerprint density at radius 3 is 2.60 bits per heavy atom. The number of alkyl halides is 2. The fourth-order valence-electron chi connectivity index (χ4n) is 0.910. The zero-order valence-corrected chi connectivity index (χ0v) is 7.99. The third-order valence-corrected chi connectivity index (χ3v) is 1.53. The van der Waals surface area contributed by atoms with Crippen LogP contribution in [-0.4, -0.2) is 29.7 Å². The molecule has 0 aliphatic heterocycles. The van der Waals surface area contributed by atoms with Crippen LogP contribution in [0.4, 0.5) is 8.78 Å². The molecular weight excluding hydrogens is 206 g/mol. The van der Waals surface area contributed by atoms with Crippen LogP contribution in [0.2, 0.25) is 0 Å². The molecule has 7 heteroatoms. The highest BCUT2D eigenvalue weighted by Crippen LogP contribution is 2.06. The molecule has 0 amide bonds. The maximum Gasteiger partial charge on any atom is 0.389 e. The standard InChI is InChI=1S/C8H12F2N4O/c9-7(10)15-8-13-4-6(5-14-8)3-12-2-1-11/h4-5,7,12H,1-3,11H2. The van der Waals surface area contributed by atoms with Crippen molar-refractivity contribution in [2.45, 2.75) is 13.2 Å². The molecule has 5 nitrogen and oxygen atoms in total. The van der Waals surface area contributed by atoms with Crippen molar-refractivity contribution < 1.29 is 13.5 Å². The van der Waals surface area contributed by atoms with Gasteiger partial charge in [-0.15, -0.1) is 0 Å². The van der Waals surface area contributed by atoms with Gasteiger partial charge in [0.2, 0.25) is 0 Å². The molecule has 0 radical (unpaired) electrons. The van der Waals surface area contributed by atoms with E-state index in [0.717, 1.165) is 5.56 Å². The monoisotopic (exact) mass is 218 g/mol. The van der Waals surface area contributed by atoms with E-state index in [2.05, 4.69) is 20.0 Å². The Hall–Kier alpha value is -1.34. The van der Waals surface area contributed by atoms with E-state index in [9.17, 15) is 8.78 Å². The van der Waals surface area contributed by atoms with E-state index in [0.29, 0.717) is 19.6 Å². The molecule has 0 aromatic carbocycles. The minimum absolute atomic E-state index is 0.326. The lowest BCUT2D eigenvalue weighted by atomic mass is 10.3. The smallest absolute Gasteiger partial charge is 0.389 e. The van der Waals surface area contributed by atoms with Crippen molar-refractivity contribution in [2.75, 3.05) is 13.1 Å². The summed E-state index contributed by atoms with van der Waals surface area (Å²) in [7, 11) is 0. The van der Waals surface area contributed by atoms with Gasteiger partial charge in [0.25, 0.3) is 0 Å². The molecule has 0 fully saturated rings. The van der Waals surface area contributed by atoms with Gasteiger partial charge in [-0.05, 0) is 0 Å². The van der Waals surface area contributed by atoms with Gasteiger partial charge in [0, 0.05) is 37.6 Å². The molecule has 15 heavy (non-hydrogen) atoms. The lowest BCUT2D eigenvalue weighted by Gasteiger charge is -2.04. The summed E-state index contributed by atoms with van der Waals surface area (Å²) in [6.45, 7) is -1.14. The number of nitrogens with one attached hydrogen (secondary N) is 1. The molecule has 0 aliphatic rings. The van der Waals surface area contributed by atoms with E-state index in [-0.39, 0.29) is 6.01 Å². The van der Waals surface area contributed by atoms with E-state index in [1.54, 1.807) is 0 Å². The van der Waals surface area contributed by atoms with E-state index in [1.807, 2.05) is 0 Å². The lowest BCUT2D eigenvalue weighted by molar-refractivity contribution is -0.0561. The van der Waals surface area contributed by atoms with Crippen molar-refractivity contribution in [1.29, 1.82) is 0 Å². The second-order valence-corrected chi connectivity index (χ2v) is 2.72. The van der Waals surface area contributed by atoms with Gasteiger partial charge in [0.05, 0.1) is 0 Å². The molecule has 0 saturated carbocycles. The summed E-state index contributed by atoms with van der Waals surface area (Å²) < 4.78 is 27.5. The minimum Gasteiger partial charge on any atom is -0.401 e. The fourth-order valence-corrected chi connectivity index (χ4v) is 0.910. The summed E-state index contributed by atoms with van der Waals surface area (Å²) >= 11 is 0. The van der Waals surface area contributed by atoms with Crippen LogP contribution in [0.15, 0.2) is 12.4 Å². The number of nitrogens with two attached hydrogens (primary N) is 1. The number of halogens is 2. The quantitative estimate of drug-likeness (QED) is 0.664. The van der Waals surface area contributed by atoms with Gasteiger partial charge in [-0.1, -0.05) is 0 Å². The van der Waals surface area contributed by atoms with Gasteiger partial charge in [-0.2, -0.15) is 8.78 Å². The molecule has 0 atom stereocenters. The number of ether oxygens (including phenoxy) is 1. The first kappa shape index (κ1) is 11.7. The van der Waals surface area contributed by atoms with Crippen LogP contribution in [0, 0.1) is 0 Å². The molecule has 0 spiro atoms. The van der Waals surface area contributed by atoms with Gasteiger partial charge in [-0.25, -0.2) is 9.97 Å². The first-order valence-electron chi connectivity index (χ1n) is 4.39.